The van der Waals surface area contributed by atoms with E-state index in [1.807, 2.05) is 35.4 Å². The Hall–Kier alpha value is -2.35. The molecule has 134 valence electrons. The van der Waals surface area contributed by atoms with Gasteiger partial charge in [-0.05, 0) is 18.4 Å². The molecule has 3 rings (SSSR count). The molecule has 1 N–H and O–H groups in total. The van der Waals surface area contributed by atoms with Crippen LogP contribution in [0.25, 0.3) is 0 Å². The van der Waals surface area contributed by atoms with Crippen LogP contribution in [0.1, 0.15) is 34.6 Å². The molecule has 1 fully saturated rings. The van der Waals surface area contributed by atoms with Gasteiger partial charge in [0.05, 0.1) is 12.7 Å². The number of nitrogens with one attached hydrogen (secondary N) is 1. The first-order valence-electron chi connectivity index (χ1n) is 8.01. The highest BCUT2D eigenvalue weighted by molar-refractivity contribution is 5.92. The Labute approximate surface area is 142 Å². The molecule has 0 radical (unpaired) electrons. The molecule has 1 amide bonds. The molecular formula is C17H18F3N3O2. The van der Waals surface area contributed by atoms with Gasteiger partial charge in [-0.3, -0.25) is 9.89 Å². The van der Waals surface area contributed by atoms with E-state index in [1.54, 1.807) is 0 Å². The minimum atomic E-state index is -4.54. The fourth-order valence-electron chi connectivity index (χ4n) is 2.75. The number of piperidine rings is 1. The van der Waals surface area contributed by atoms with Crippen molar-refractivity contribution in [3.63, 3.8) is 0 Å². The van der Waals surface area contributed by atoms with E-state index >= 15 is 0 Å². The number of nitrogens with zero attached hydrogens (tertiary/aromatic N) is 2. The first-order valence-corrected chi connectivity index (χ1v) is 8.01. The zero-order valence-corrected chi connectivity index (χ0v) is 13.4. The van der Waals surface area contributed by atoms with Gasteiger partial charge < -0.3 is 9.64 Å². The van der Waals surface area contributed by atoms with Gasteiger partial charge in [-0.2, -0.15) is 18.3 Å². The average Bonchev–Trinajstić information content (AvgIpc) is 3.11. The second-order valence-corrected chi connectivity index (χ2v) is 5.95. The molecule has 1 aliphatic rings. The Morgan fingerprint density at radius 3 is 2.52 bits per heavy atom. The number of aromatic amines is 1. The van der Waals surface area contributed by atoms with Crippen molar-refractivity contribution in [2.24, 2.45) is 0 Å². The summed E-state index contributed by atoms with van der Waals surface area (Å²) in [6, 6.07) is 10.5. The zero-order chi connectivity index (χ0) is 17.9. The van der Waals surface area contributed by atoms with Crippen molar-refractivity contribution in [2.75, 3.05) is 13.1 Å². The van der Waals surface area contributed by atoms with E-state index in [0.717, 1.165) is 11.6 Å². The van der Waals surface area contributed by atoms with Gasteiger partial charge in [0.2, 0.25) is 0 Å². The predicted molar refractivity (Wildman–Crippen MR) is 83.7 cm³/mol. The average molecular weight is 353 g/mol. The maximum Gasteiger partial charge on any atom is 0.432 e. The van der Waals surface area contributed by atoms with Crippen LogP contribution >= 0.6 is 0 Å². The smallest absolute Gasteiger partial charge is 0.373 e. The number of amides is 1. The lowest BCUT2D eigenvalue weighted by atomic mass is 10.1. The molecule has 0 aliphatic carbocycles. The lowest BCUT2D eigenvalue weighted by Crippen LogP contribution is -2.41. The van der Waals surface area contributed by atoms with Crippen LogP contribution in [-0.2, 0) is 17.5 Å². The molecule has 1 aliphatic heterocycles. The molecule has 1 aromatic carbocycles. The monoisotopic (exact) mass is 353 g/mol. The molecule has 2 aromatic rings. The first-order chi connectivity index (χ1) is 11.9. The number of hydrogen-bond acceptors (Lipinski definition) is 3. The van der Waals surface area contributed by atoms with E-state index in [9.17, 15) is 18.0 Å². The van der Waals surface area contributed by atoms with Crippen LogP contribution in [0.15, 0.2) is 36.4 Å². The molecule has 0 bridgehead atoms. The number of halogens is 3. The summed E-state index contributed by atoms with van der Waals surface area (Å²) in [5, 5.41) is 5.35. The van der Waals surface area contributed by atoms with Gasteiger partial charge in [-0.15, -0.1) is 0 Å². The molecule has 8 heteroatoms. The summed E-state index contributed by atoms with van der Waals surface area (Å²) in [4.78, 5) is 13.8. The summed E-state index contributed by atoms with van der Waals surface area (Å²) in [5.74, 6) is -0.492. The minimum Gasteiger partial charge on any atom is -0.373 e. The standard InChI is InChI=1S/C17H18F3N3O2/c18-17(19,20)15-10-14(21-22-15)16(24)23-8-6-13(7-9-23)25-11-12-4-2-1-3-5-12/h1-5,10,13H,6-9,11H2,(H,21,22). The number of H-pyrrole nitrogens is 1. The van der Waals surface area contributed by atoms with Crippen molar-refractivity contribution in [2.45, 2.75) is 31.7 Å². The van der Waals surface area contributed by atoms with Gasteiger partial charge in [0, 0.05) is 19.2 Å². The summed E-state index contributed by atoms with van der Waals surface area (Å²) in [7, 11) is 0. The molecule has 1 saturated heterocycles. The largest absolute Gasteiger partial charge is 0.432 e. The van der Waals surface area contributed by atoms with Crippen LogP contribution < -0.4 is 0 Å². The summed E-state index contributed by atoms with van der Waals surface area (Å²) < 4.78 is 43.6. The van der Waals surface area contributed by atoms with Gasteiger partial charge >= 0.3 is 6.18 Å². The molecule has 0 spiro atoms. The SMILES string of the molecule is O=C(c1cc(C(F)(F)F)[nH]n1)N1CCC(OCc2ccccc2)CC1. The third-order valence-corrected chi connectivity index (χ3v) is 4.16. The topological polar surface area (TPSA) is 58.2 Å². The Kier molecular flexibility index (Phi) is 5.08. The van der Waals surface area contributed by atoms with E-state index in [4.69, 9.17) is 4.74 Å². The van der Waals surface area contributed by atoms with E-state index in [2.05, 4.69) is 5.10 Å². The highest BCUT2D eigenvalue weighted by atomic mass is 19.4. The van der Waals surface area contributed by atoms with Crippen LogP contribution in [0.2, 0.25) is 0 Å². The van der Waals surface area contributed by atoms with Crippen LogP contribution in [0, 0.1) is 0 Å². The molecule has 0 saturated carbocycles. The van der Waals surface area contributed by atoms with Gasteiger partial charge in [-0.25, -0.2) is 0 Å². The summed E-state index contributed by atoms with van der Waals surface area (Å²) in [6.07, 6.45) is -3.21. The Bertz CT molecular complexity index is 707. The number of alkyl halides is 3. The summed E-state index contributed by atoms with van der Waals surface area (Å²) in [5.41, 5.74) is -0.148. The number of rotatable bonds is 4. The summed E-state index contributed by atoms with van der Waals surface area (Å²) in [6.45, 7) is 1.38. The lowest BCUT2D eigenvalue weighted by molar-refractivity contribution is -0.141. The molecule has 1 aromatic heterocycles. The van der Waals surface area contributed by atoms with Crippen LogP contribution in [-0.4, -0.2) is 40.2 Å². The van der Waals surface area contributed by atoms with Crippen molar-refractivity contribution < 1.29 is 22.7 Å². The number of aromatic nitrogens is 2. The van der Waals surface area contributed by atoms with E-state index < -0.39 is 17.8 Å². The highest BCUT2D eigenvalue weighted by Crippen LogP contribution is 2.28. The lowest BCUT2D eigenvalue weighted by Gasteiger charge is -2.31. The second-order valence-electron chi connectivity index (χ2n) is 5.95. The molecule has 2 heterocycles. The fraction of sp³-hybridized carbons (Fsp3) is 0.412. The minimum absolute atomic E-state index is 0.0363. The van der Waals surface area contributed by atoms with Crippen LogP contribution in [0.3, 0.4) is 0 Å². The Morgan fingerprint density at radius 1 is 1.24 bits per heavy atom. The highest BCUT2D eigenvalue weighted by Gasteiger charge is 2.34. The number of likely N-dealkylation sites (tertiary alicyclic amines) is 1. The van der Waals surface area contributed by atoms with Crippen molar-refractivity contribution >= 4 is 5.91 Å². The normalized spacial score (nSPS) is 16.2. The maximum atomic E-state index is 12.6. The first kappa shape index (κ1) is 17.5. The zero-order valence-electron chi connectivity index (χ0n) is 13.4. The van der Waals surface area contributed by atoms with E-state index in [1.165, 1.54) is 4.90 Å². The third kappa shape index (κ3) is 4.39. The maximum absolute atomic E-state index is 12.6. The molecule has 5 nitrogen and oxygen atoms in total. The van der Waals surface area contributed by atoms with Gasteiger partial charge in [0.1, 0.15) is 5.69 Å². The third-order valence-electron chi connectivity index (χ3n) is 4.16. The van der Waals surface area contributed by atoms with Crippen LogP contribution in [0.4, 0.5) is 13.2 Å². The number of hydrogen-bond donors (Lipinski definition) is 1. The number of carbonyl (C=O) groups is 1. The number of carbonyl (C=O) groups excluding carboxylic acids is 1. The van der Waals surface area contributed by atoms with E-state index in [-0.39, 0.29) is 11.8 Å². The number of ether oxygens (including phenoxy) is 1. The van der Waals surface area contributed by atoms with Gasteiger partial charge in [0.25, 0.3) is 5.91 Å². The van der Waals surface area contributed by atoms with Crippen LogP contribution in [0.5, 0.6) is 0 Å². The molecule has 0 unspecified atom stereocenters. The van der Waals surface area contributed by atoms with Crippen molar-refractivity contribution in [3.05, 3.63) is 53.3 Å². The number of benzene rings is 1. The molecule has 0 atom stereocenters. The summed E-state index contributed by atoms with van der Waals surface area (Å²) >= 11 is 0. The predicted octanol–water partition coefficient (Wildman–Crippen LogP) is 3.25. The van der Waals surface area contributed by atoms with Crippen molar-refractivity contribution in [3.8, 4) is 0 Å². The quantitative estimate of drug-likeness (QED) is 0.918. The second kappa shape index (κ2) is 7.26. The Balaban J connectivity index is 1.50. The van der Waals surface area contributed by atoms with Crippen molar-refractivity contribution in [1.82, 2.24) is 15.1 Å². The molecule has 25 heavy (non-hydrogen) atoms. The molecular weight excluding hydrogens is 335 g/mol. The van der Waals surface area contributed by atoms with Gasteiger partial charge in [0.15, 0.2) is 5.69 Å². The van der Waals surface area contributed by atoms with Gasteiger partial charge in [-0.1, -0.05) is 30.3 Å². The Morgan fingerprint density at radius 2 is 1.92 bits per heavy atom. The van der Waals surface area contributed by atoms with E-state index in [0.29, 0.717) is 32.5 Å². The fourth-order valence-corrected chi connectivity index (χ4v) is 2.75. The van der Waals surface area contributed by atoms with Crippen molar-refractivity contribution in [1.29, 1.82) is 0 Å².